The normalized spacial score (nSPS) is 10.0. The third-order valence-electron chi connectivity index (χ3n) is 2.00. The molecule has 0 spiro atoms. The topological polar surface area (TPSA) is 0 Å². The maximum Gasteiger partial charge on any atom is 0.114 e. The Morgan fingerprint density at radius 2 is 1.91 bits per heavy atom. The Balaban J connectivity index is 3.02. The second-order valence-corrected chi connectivity index (χ2v) is 2.74. The smallest absolute Gasteiger partial charge is 0.0935 e. The lowest BCUT2D eigenvalue weighted by Crippen LogP contribution is -2.09. The van der Waals surface area contributed by atoms with Crippen LogP contribution in [0.1, 0.15) is 25.0 Å². The molecule has 0 bridgehead atoms. The molecule has 0 saturated carbocycles. The molecular formula is C10H13B. The fourth-order valence-electron chi connectivity index (χ4n) is 1.19. The van der Waals surface area contributed by atoms with Crippen LogP contribution in [-0.2, 0) is 12.8 Å². The average Bonchev–Trinajstić information content (AvgIpc) is 2.05. The van der Waals surface area contributed by atoms with E-state index in [1.807, 2.05) is 6.07 Å². The first-order chi connectivity index (χ1) is 5.27. The van der Waals surface area contributed by atoms with Crippen LogP contribution in [0.3, 0.4) is 0 Å². The van der Waals surface area contributed by atoms with E-state index >= 15 is 0 Å². The zero-order chi connectivity index (χ0) is 8.27. The fraction of sp³-hybridized carbons (Fsp3) is 0.400. The van der Waals surface area contributed by atoms with E-state index in [9.17, 15) is 0 Å². The van der Waals surface area contributed by atoms with Gasteiger partial charge in [0.25, 0.3) is 0 Å². The lowest BCUT2D eigenvalue weighted by Gasteiger charge is -2.04. The van der Waals surface area contributed by atoms with Crippen LogP contribution in [0.2, 0.25) is 0 Å². The van der Waals surface area contributed by atoms with Crippen LogP contribution < -0.4 is 5.46 Å². The first-order valence-corrected chi connectivity index (χ1v) is 4.15. The summed E-state index contributed by atoms with van der Waals surface area (Å²) in [6.45, 7) is 4.29. The average molecular weight is 144 g/mol. The second-order valence-electron chi connectivity index (χ2n) is 2.74. The van der Waals surface area contributed by atoms with Crippen LogP contribution in [0.25, 0.3) is 0 Å². The van der Waals surface area contributed by atoms with Gasteiger partial charge in [-0.2, -0.15) is 0 Å². The summed E-state index contributed by atoms with van der Waals surface area (Å²) in [7, 11) is 5.75. The summed E-state index contributed by atoms with van der Waals surface area (Å²) in [6, 6.07) is 6.28. The highest BCUT2D eigenvalue weighted by Crippen LogP contribution is 2.03. The van der Waals surface area contributed by atoms with E-state index in [2.05, 4.69) is 26.0 Å². The molecule has 0 aliphatic heterocycles. The van der Waals surface area contributed by atoms with Crippen LogP contribution in [-0.4, -0.2) is 7.85 Å². The van der Waals surface area contributed by atoms with Gasteiger partial charge < -0.3 is 0 Å². The fourth-order valence-corrected chi connectivity index (χ4v) is 1.19. The minimum Gasteiger partial charge on any atom is -0.0935 e. The van der Waals surface area contributed by atoms with E-state index in [1.165, 1.54) is 11.1 Å². The number of hydrogen-bond donors (Lipinski definition) is 0. The van der Waals surface area contributed by atoms with Crippen molar-refractivity contribution in [2.24, 2.45) is 0 Å². The van der Waals surface area contributed by atoms with Crippen molar-refractivity contribution < 1.29 is 0 Å². The van der Waals surface area contributed by atoms with Crippen molar-refractivity contribution in [3.8, 4) is 0 Å². The lowest BCUT2D eigenvalue weighted by atomic mass is 9.88. The van der Waals surface area contributed by atoms with Gasteiger partial charge in [-0.1, -0.05) is 43.1 Å². The molecular weight excluding hydrogens is 131 g/mol. The first kappa shape index (κ1) is 8.38. The predicted molar refractivity (Wildman–Crippen MR) is 50.6 cm³/mol. The number of aryl methyl sites for hydroxylation is 2. The Kier molecular flexibility index (Phi) is 2.75. The van der Waals surface area contributed by atoms with Crippen molar-refractivity contribution in [1.82, 2.24) is 0 Å². The van der Waals surface area contributed by atoms with E-state index in [0.29, 0.717) is 0 Å². The van der Waals surface area contributed by atoms with Crippen molar-refractivity contribution >= 4 is 13.3 Å². The van der Waals surface area contributed by atoms with Crippen LogP contribution in [0.15, 0.2) is 18.2 Å². The van der Waals surface area contributed by atoms with Gasteiger partial charge in [-0.25, -0.2) is 0 Å². The summed E-state index contributed by atoms with van der Waals surface area (Å²) >= 11 is 0. The van der Waals surface area contributed by atoms with Crippen molar-refractivity contribution in [2.75, 3.05) is 0 Å². The molecule has 0 amide bonds. The molecule has 11 heavy (non-hydrogen) atoms. The van der Waals surface area contributed by atoms with Gasteiger partial charge in [0, 0.05) is 0 Å². The van der Waals surface area contributed by atoms with Gasteiger partial charge in [-0.15, -0.1) is 0 Å². The SMILES string of the molecule is [B]c1ccc(CC)cc1CC. The van der Waals surface area contributed by atoms with Crippen molar-refractivity contribution in [2.45, 2.75) is 26.7 Å². The molecule has 0 aliphatic carbocycles. The second kappa shape index (κ2) is 3.61. The predicted octanol–water partition coefficient (Wildman–Crippen LogP) is 1.61. The van der Waals surface area contributed by atoms with Gasteiger partial charge in [0.15, 0.2) is 0 Å². The molecule has 0 atom stereocenters. The minimum atomic E-state index is 0.921. The van der Waals surface area contributed by atoms with Crippen molar-refractivity contribution in [1.29, 1.82) is 0 Å². The molecule has 0 unspecified atom stereocenters. The standard InChI is InChI=1S/C10H13B/c1-3-8-5-6-10(11)9(4-2)7-8/h5-7H,3-4H2,1-2H3. The van der Waals surface area contributed by atoms with Crippen LogP contribution >= 0.6 is 0 Å². The first-order valence-electron chi connectivity index (χ1n) is 4.15. The Labute approximate surface area is 70.0 Å². The van der Waals surface area contributed by atoms with E-state index in [0.717, 1.165) is 18.3 Å². The van der Waals surface area contributed by atoms with Gasteiger partial charge in [0.2, 0.25) is 0 Å². The molecule has 56 valence electrons. The Morgan fingerprint density at radius 3 is 2.45 bits per heavy atom. The largest absolute Gasteiger partial charge is 0.114 e. The van der Waals surface area contributed by atoms with Crippen molar-refractivity contribution in [3.63, 3.8) is 0 Å². The summed E-state index contributed by atoms with van der Waals surface area (Å²) in [5.41, 5.74) is 3.56. The van der Waals surface area contributed by atoms with Gasteiger partial charge in [-0.3, -0.25) is 0 Å². The Hall–Kier alpha value is -0.715. The van der Waals surface area contributed by atoms with Crippen molar-refractivity contribution in [3.05, 3.63) is 29.3 Å². The molecule has 0 saturated heterocycles. The van der Waals surface area contributed by atoms with E-state index < -0.39 is 0 Å². The minimum absolute atomic E-state index is 0.921. The van der Waals surface area contributed by atoms with Gasteiger partial charge in [0.1, 0.15) is 7.85 Å². The molecule has 1 rings (SSSR count). The number of rotatable bonds is 2. The Bertz CT molecular complexity index is 241. The maximum absolute atomic E-state index is 5.75. The molecule has 0 aliphatic rings. The number of benzene rings is 1. The molecule has 2 radical (unpaired) electrons. The monoisotopic (exact) mass is 144 g/mol. The lowest BCUT2D eigenvalue weighted by molar-refractivity contribution is 1.10. The van der Waals surface area contributed by atoms with E-state index in [1.54, 1.807) is 0 Å². The zero-order valence-electron chi connectivity index (χ0n) is 7.22. The van der Waals surface area contributed by atoms with Gasteiger partial charge in [0.05, 0.1) is 0 Å². The highest BCUT2D eigenvalue weighted by molar-refractivity contribution is 6.33. The van der Waals surface area contributed by atoms with Crippen LogP contribution in [0, 0.1) is 0 Å². The summed E-state index contributed by atoms with van der Waals surface area (Å²) in [5.74, 6) is 0. The zero-order valence-corrected chi connectivity index (χ0v) is 7.22. The molecule has 1 aromatic carbocycles. The summed E-state index contributed by atoms with van der Waals surface area (Å²) in [6.07, 6.45) is 2.12. The molecule has 0 fully saturated rings. The molecule has 0 nitrogen and oxygen atoms in total. The molecule has 1 aromatic rings. The van der Waals surface area contributed by atoms with E-state index in [4.69, 9.17) is 7.85 Å². The molecule has 0 heterocycles. The van der Waals surface area contributed by atoms with E-state index in [-0.39, 0.29) is 0 Å². The van der Waals surface area contributed by atoms with Gasteiger partial charge in [-0.05, 0) is 18.4 Å². The highest BCUT2D eigenvalue weighted by atomic mass is 14.0. The van der Waals surface area contributed by atoms with Crippen LogP contribution in [0.5, 0.6) is 0 Å². The number of hydrogen-bond acceptors (Lipinski definition) is 0. The highest BCUT2D eigenvalue weighted by Gasteiger charge is 1.95. The molecule has 0 N–H and O–H groups in total. The third kappa shape index (κ3) is 1.86. The third-order valence-corrected chi connectivity index (χ3v) is 2.00. The molecule has 1 heteroatoms. The van der Waals surface area contributed by atoms with Gasteiger partial charge >= 0.3 is 0 Å². The summed E-state index contributed by atoms with van der Waals surface area (Å²) in [5, 5.41) is 0. The maximum atomic E-state index is 5.75. The summed E-state index contributed by atoms with van der Waals surface area (Å²) < 4.78 is 0. The summed E-state index contributed by atoms with van der Waals surface area (Å²) in [4.78, 5) is 0. The van der Waals surface area contributed by atoms with Crippen LogP contribution in [0.4, 0.5) is 0 Å². The quantitative estimate of drug-likeness (QED) is 0.553. The Morgan fingerprint density at radius 1 is 1.18 bits per heavy atom. The molecule has 0 aromatic heterocycles.